The molecule has 0 bridgehead atoms. The van der Waals surface area contributed by atoms with Crippen LogP contribution < -0.4 is 9.47 Å². The standard InChI is InChI=1S/C13H18O3/c1-3-4-5-11(14-2)10-6-7-12-13(8-10)16-9-15-12/h6-8,11H,3-5,9H2,1-2H3. The van der Waals surface area contributed by atoms with Crippen molar-refractivity contribution in [1.29, 1.82) is 0 Å². The van der Waals surface area contributed by atoms with E-state index < -0.39 is 0 Å². The number of rotatable bonds is 5. The summed E-state index contributed by atoms with van der Waals surface area (Å²) >= 11 is 0. The van der Waals surface area contributed by atoms with Gasteiger partial charge in [-0.2, -0.15) is 0 Å². The van der Waals surface area contributed by atoms with Gasteiger partial charge in [0, 0.05) is 7.11 Å². The fraction of sp³-hybridized carbons (Fsp3) is 0.538. The molecule has 2 rings (SSSR count). The molecule has 0 saturated carbocycles. The highest BCUT2D eigenvalue weighted by atomic mass is 16.7. The van der Waals surface area contributed by atoms with Gasteiger partial charge in [0.05, 0.1) is 6.10 Å². The second-order valence-corrected chi connectivity index (χ2v) is 3.98. The van der Waals surface area contributed by atoms with E-state index in [1.54, 1.807) is 7.11 Å². The molecular weight excluding hydrogens is 204 g/mol. The average molecular weight is 222 g/mol. The molecule has 1 heterocycles. The van der Waals surface area contributed by atoms with Crippen LogP contribution in [0.4, 0.5) is 0 Å². The Kier molecular flexibility index (Phi) is 3.67. The summed E-state index contributed by atoms with van der Waals surface area (Å²) < 4.78 is 16.1. The van der Waals surface area contributed by atoms with Gasteiger partial charge in [0.25, 0.3) is 0 Å². The molecule has 3 nitrogen and oxygen atoms in total. The van der Waals surface area contributed by atoms with E-state index in [2.05, 4.69) is 13.0 Å². The van der Waals surface area contributed by atoms with Crippen LogP contribution >= 0.6 is 0 Å². The van der Waals surface area contributed by atoms with Crippen LogP contribution in [0.15, 0.2) is 18.2 Å². The van der Waals surface area contributed by atoms with Gasteiger partial charge in [-0.1, -0.05) is 25.8 Å². The molecule has 0 saturated heterocycles. The number of benzene rings is 1. The summed E-state index contributed by atoms with van der Waals surface area (Å²) in [7, 11) is 1.75. The third-order valence-electron chi connectivity index (χ3n) is 2.87. The van der Waals surface area contributed by atoms with Crippen molar-refractivity contribution in [2.45, 2.75) is 32.3 Å². The molecule has 0 fully saturated rings. The Bertz CT molecular complexity index is 349. The number of ether oxygens (including phenoxy) is 3. The van der Waals surface area contributed by atoms with Crippen molar-refractivity contribution in [1.82, 2.24) is 0 Å². The fourth-order valence-corrected chi connectivity index (χ4v) is 1.92. The van der Waals surface area contributed by atoms with Gasteiger partial charge in [-0.3, -0.25) is 0 Å². The highest BCUT2D eigenvalue weighted by molar-refractivity contribution is 5.45. The molecule has 0 aliphatic carbocycles. The summed E-state index contributed by atoms with van der Waals surface area (Å²) in [6.45, 7) is 2.51. The Morgan fingerprint density at radius 1 is 1.31 bits per heavy atom. The summed E-state index contributed by atoms with van der Waals surface area (Å²) in [5, 5.41) is 0. The van der Waals surface area contributed by atoms with Crippen molar-refractivity contribution in [3.63, 3.8) is 0 Å². The van der Waals surface area contributed by atoms with E-state index in [0.717, 1.165) is 17.9 Å². The van der Waals surface area contributed by atoms with Crippen LogP contribution in [0.25, 0.3) is 0 Å². The van der Waals surface area contributed by atoms with E-state index in [1.807, 2.05) is 12.1 Å². The molecule has 0 radical (unpaired) electrons. The van der Waals surface area contributed by atoms with Gasteiger partial charge in [0.15, 0.2) is 11.5 Å². The topological polar surface area (TPSA) is 27.7 Å². The molecule has 0 amide bonds. The molecule has 0 N–H and O–H groups in total. The molecule has 88 valence electrons. The van der Waals surface area contributed by atoms with E-state index in [1.165, 1.54) is 18.4 Å². The fourth-order valence-electron chi connectivity index (χ4n) is 1.92. The second kappa shape index (κ2) is 5.21. The number of methoxy groups -OCH3 is 1. The third-order valence-corrected chi connectivity index (χ3v) is 2.87. The van der Waals surface area contributed by atoms with Gasteiger partial charge in [-0.25, -0.2) is 0 Å². The molecule has 3 heteroatoms. The first-order chi connectivity index (χ1) is 7.85. The number of hydrogen-bond acceptors (Lipinski definition) is 3. The molecule has 0 spiro atoms. The molecule has 1 aliphatic rings. The van der Waals surface area contributed by atoms with Gasteiger partial charge in [0.1, 0.15) is 0 Å². The average Bonchev–Trinajstić information content (AvgIpc) is 2.77. The summed E-state index contributed by atoms with van der Waals surface area (Å²) in [6, 6.07) is 6.03. The zero-order chi connectivity index (χ0) is 11.4. The van der Waals surface area contributed by atoms with E-state index in [9.17, 15) is 0 Å². The van der Waals surface area contributed by atoms with Crippen LogP contribution in [-0.2, 0) is 4.74 Å². The van der Waals surface area contributed by atoms with Crippen molar-refractivity contribution >= 4 is 0 Å². The number of fused-ring (bicyclic) bond motifs is 1. The lowest BCUT2D eigenvalue weighted by molar-refractivity contribution is 0.0934. The third kappa shape index (κ3) is 2.30. The summed E-state index contributed by atoms with van der Waals surface area (Å²) in [5.41, 5.74) is 1.17. The van der Waals surface area contributed by atoms with Crippen LogP contribution in [0, 0.1) is 0 Å². The molecular formula is C13H18O3. The van der Waals surface area contributed by atoms with Crippen LogP contribution in [0.3, 0.4) is 0 Å². The maximum atomic E-state index is 5.50. The molecule has 1 unspecified atom stereocenters. The zero-order valence-corrected chi connectivity index (χ0v) is 9.86. The first-order valence-electron chi connectivity index (χ1n) is 5.77. The largest absolute Gasteiger partial charge is 0.454 e. The lowest BCUT2D eigenvalue weighted by Crippen LogP contribution is -2.01. The quantitative estimate of drug-likeness (QED) is 0.765. The van der Waals surface area contributed by atoms with Crippen molar-refractivity contribution in [3.05, 3.63) is 23.8 Å². The highest BCUT2D eigenvalue weighted by Crippen LogP contribution is 2.35. The molecule has 1 atom stereocenters. The predicted octanol–water partition coefficient (Wildman–Crippen LogP) is 3.29. The minimum absolute atomic E-state index is 0.162. The zero-order valence-electron chi connectivity index (χ0n) is 9.86. The summed E-state index contributed by atoms with van der Waals surface area (Å²) in [5.74, 6) is 1.66. The Morgan fingerprint density at radius 3 is 2.88 bits per heavy atom. The Balaban J connectivity index is 2.12. The molecule has 1 aromatic rings. The maximum Gasteiger partial charge on any atom is 0.231 e. The summed E-state index contributed by atoms with van der Waals surface area (Å²) in [4.78, 5) is 0. The monoisotopic (exact) mass is 222 g/mol. The predicted molar refractivity (Wildman–Crippen MR) is 61.8 cm³/mol. The van der Waals surface area contributed by atoms with E-state index in [4.69, 9.17) is 14.2 Å². The molecule has 1 aromatic carbocycles. The smallest absolute Gasteiger partial charge is 0.231 e. The van der Waals surface area contributed by atoms with Crippen molar-refractivity contribution in [3.8, 4) is 11.5 Å². The van der Waals surface area contributed by atoms with E-state index >= 15 is 0 Å². The maximum absolute atomic E-state index is 5.50. The van der Waals surface area contributed by atoms with Crippen molar-refractivity contribution in [2.24, 2.45) is 0 Å². The summed E-state index contributed by atoms with van der Waals surface area (Å²) in [6.07, 6.45) is 3.57. The van der Waals surface area contributed by atoms with E-state index in [0.29, 0.717) is 6.79 Å². The Morgan fingerprint density at radius 2 is 2.12 bits per heavy atom. The normalized spacial score (nSPS) is 15.1. The Hall–Kier alpha value is -1.22. The first kappa shape index (κ1) is 11.3. The highest BCUT2D eigenvalue weighted by Gasteiger charge is 2.17. The molecule has 0 aromatic heterocycles. The van der Waals surface area contributed by atoms with Gasteiger partial charge in [0.2, 0.25) is 6.79 Å². The number of hydrogen-bond donors (Lipinski definition) is 0. The number of unbranched alkanes of at least 4 members (excludes halogenated alkanes) is 1. The van der Waals surface area contributed by atoms with E-state index in [-0.39, 0.29) is 6.10 Å². The van der Waals surface area contributed by atoms with Crippen LogP contribution in [0.2, 0.25) is 0 Å². The van der Waals surface area contributed by atoms with Gasteiger partial charge in [-0.05, 0) is 24.1 Å². The van der Waals surface area contributed by atoms with Gasteiger partial charge < -0.3 is 14.2 Å². The lowest BCUT2D eigenvalue weighted by Gasteiger charge is -2.15. The molecule has 16 heavy (non-hydrogen) atoms. The van der Waals surface area contributed by atoms with Crippen LogP contribution in [-0.4, -0.2) is 13.9 Å². The first-order valence-corrected chi connectivity index (χ1v) is 5.77. The second-order valence-electron chi connectivity index (χ2n) is 3.98. The lowest BCUT2D eigenvalue weighted by atomic mass is 10.0. The Labute approximate surface area is 96.3 Å². The minimum atomic E-state index is 0.162. The van der Waals surface area contributed by atoms with Crippen molar-refractivity contribution in [2.75, 3.05) is 13.9 Å². The van der Waals surface area contributed by atoms with Crippen molar-refractivity contribution < 1.29 is 14.2 Å². The minimum Gasteiger partial charge on any atom is -0.454 e. The molecule has 1 aliphatic heterocycles. The van der Waals surface area contributed by atoms with Gasteiger partial charge in [-0.15, -0.1) is 0 Å². The van der Waals surface area contributed by atoms with Gasteiger partial charge >= 0.3 is 0 Å². The van der Waals surface area contributed by atoms with Crippen LogP contribution in [0.5, 0.6) is 11.5 Å². The SMILES string of the molecule is CCCCC(OC)c1ccc2c(c1)OCO2. The van der Waals surface area contributed by atoms with Crippen LogP contribution in [0.1, 0.15) is 37.9 Å².